The van der Waals surface area contributed by atoms with E-state index < -0.39 is 6.43 Å². The van der Waals surface area contributed by atoms with Crippen molar-refractivity contribution in [3.05, 3.63) is 23.8 Å². The highest BCUT2D eigenvalue weighted by Crippen LogP contribution is 2.15. The summed E-state index contributed by atoms with van der Waals surface area (Å²) in [6.07, 6.45) is -1.30. The minimum Gasteiger partial charge on any atom is -0.370 e. The highest BCUT2D eigenvalue weighted by Gasteiger charge is 2.09. The molecule has 0 radical (unpaired) electrons. The maximum Gasteiger partial charge on any atom is 0.280 e. The molecule has 0 fully saturated rings. The Morgan fingerprint density at radius 3 is 2.58 bits per heavy atom. The Kier molecular flexibility index (Phi) is 8.44. The normalized spacial score (nSPS) is 11.3. The van der Waals surface area contributed by atoms with Gasteiger partial charge in [-0.2, -0.15) is 0 Å². The number of nitrogens with two attached hydrogens (primary N) is 1. The van der Waals surface area contributed by atoms with Gasteiger partial charge in [-0.3, -0.25) is 0 Å². The van der Waals surface area contributed by atoms with E-state index in [1.807, 2.05) is 18.7 Å². The van der Waals surface area contributed by atoms with Gasteiger partial charge in [0, 0.05) is 19.3 Å². The van der Waals surface area contributed by atoms with E-state index in [0.717, 1.165) is 13.1 Å². The number of guanidine groups is 1. The van der Waals surface area contributed by atoms with Gasteiger partial charge in [0.15, 0.2) is 5.96 Å². The van der Waals surface area contributed by atoms with Crippen LogP contribution in [0.3, 0.4) is 0 Å². The van der Waals surface area contributed by atoms with Crippen LogP contribution in [0.5, 0.6) is 0 Å². The second kappa shape index (κ2) is 8.94. The molecule has 8 heteroatoms. The van der Waals surface area contributed by atoms with Crippen LogP contribution in [0.15, 0.2) is 17.3 Å². The van der Waals surface area contributed by atoms with Gasteiger partial charge in [-0.1, -0.05) is 0 Å². The van der Waals surface area contributed by atoms with Gasteiger partial charge in [0.2, 0.25) is 0 Å². The molecule has 0 aromatic carbocycles. The highest BCUT2D eigenvalue weighted by molar-refractivity contribution is 14.0. The minimum atomic E-state index is -2.60. The van der Waals surface area contributed by atoms with Crippen molar-refractivity contribution in [2.45, 2.75) is 26.8 Å². The lowest BCUT2D eigenvalue weighted by atomic mass is 10.4. The molecule has 2 N–H and O–H groups in total. The topological polar surface area (TPSA) is 67.4 Å². The zero-order valence-corrected chi connectivity index (χ0v) is 13.2. The molecule has 0 bridgehead atoms. The lowest BCUT2D eigenvalue weighted by Gasteiger charge is -2.19. The van der Waals surface area contributed by atoms with Crippen molar-refractivity contribution in [2.75, 3.05) is 13.1 Å². The first kappa shape index (κ1) is 17.9. The predicted molar refractivity (Wildman–Crippen MR) is 80.7 cm³/mol. The Hall–Kier alpha value is -1.06. The number of alkyl halides is 2. The molecule has 19 heavy (non-hydrogen) atoms. The van der Waals surface area contributed by atoms with Crippen molar-refractivity contribution >= 4 is 29.9 Å². The zero-order valence-electron chi connectivity index (χ0n) is 10.9. The van der Waals surface area contributed by atoms with Crippen LogP contribution in [0.2, 0.25) is 0 Å². The standard InChI is InChI=1S/C11H17F2N5.HI/c1-3-18(4-2)11(14)16-7-9-15-6-5-8(17-9)10(12)13;/h5-6,10H,3-4,7H2,1-2H3,(H2,14,16);1H. The number of rotatable bonds is 5. The number of halogens is 3. The van der Waals surface area contributed by atoms with Crippen molar-refractivity contribution in [1.82, 2.24) is 14.9 Å². The molecule has 0 saturated carbocycles. The summed E-state index contributed by atoms with van der Waals surface area (Å²) in [6, 6.07) is 1.19. The third kappa shape index (κ3) is 5.62. The predicted octanol–water partition coefficient (Wildman–Crippen LogP) is 2.19. The van der Waals surface area contributed by atoms with Gasteiger partial charge < -0.3 is 10.6 Å². The average molecular weight is 385 g/mol. The Labute approximate surface area is 128 Å². The lowest BCUT2D eigenvalue weighted by Crippen LogP contribution is -2.37. The fourth-order valence-corrected chi connectivity index (χ4v) is 1.41. The SMILES string of the molecule is CCN(CC)C(N)=NCc1nccc(C(F)F)n1.I. The summed E-state index contributed by atoms with van der Waals surface area (Å²) in [4.78, 5) is 13.5. The first-order chi connectivity index (χ1) is 8.58. The summed E-state index contributed by atoms with van der Waals surface area (Å²) in [7, 11) is 0. The van der Waals surface area contributed by atoms with Crippen LogP contribution in [0, 0.1) is 0 Å². The van der Waals surface area contributed by atoms with Gasteiger partial charge >= 0.3 is 0 Å². The number of aromatic nitrogens is 2. The maximum absolute atomic E-state index is 12.4. The molecular formula is C11H18F2IN5. The van der Waals surface area contributed by atoms with Crippen LogP contribution in [0.25, 0.3) is 0 Å². The first-order valence-corrected chi connectivity index (χ1v) is 5.73. The summed E-state index contributed by atoms with van der Waals surface area (Å²) >= 11 is 0. The molecule has 108 valence electrons. The fraction of sp³-hybridized carbons (Fsp3) is 0.545. The van der Waals surface area contributed by atoms with Gasteiger partial charge in [-0.05, 0) is 19.9 Å². The highest BCUT2D eigenvalue weighted by atomic mass is 127. The molecule has 0 aliphatic carbocycles. The zero-order chi connectivity index (χ0) is 13.5. The number of nitrogens with zero attached hydrogens (tertiary/aromatic N) is 4. The largest absolute Gasteiger partial charge is 0.370 e. The van der Waals surface area contributed by atoms with E-state index in [0.29, 0.717) is 5.96 Å². The van der Waals surface area contributed by atoms with Crippen LogP contribution < -0.4 is 5.73 Å². The molecular weight excluding hydrogens is 367 g/mol. The van der Waals surface area contributed by atoms with Crippen molar-refractivity contribution in [3.8, 4) is 0 Å². The number of hydrogen-bond donors (Lipinski definition) is 1. The smallest absolute Gasteiger partial charge is 0.280 e. The summed E-state index contributed by atoms with van der Waals surface area (Å²) in [5.41, 5.74) is 5.46. The second-order valence-electron chi connectivity index (χ2n) is 3.55. The molecule has 0 atom stereocenters. The number of aliphatic imine (C=N–C) groups is 1. The van der Waals surface area contributed by atoms with Gasteiger partial charge in [0.1, 0.15) is 18.1 Å². The molecule has 1 rings (SSSR count). The Bertz CT molecular complexity index is 410. The summed E-state index contributed by atoms with van der Waals surface area (Å²) in [6.45, 7) is 5.50. The molecule has 1 aromatic heterocycles. The van der Waals surface area contributed by atoms with Crippen LogP contribution in [0.4, 0.5) is 8.78 Å². The average Bonchev–Trinajstić information content (AvgIpc) is 2.38. The van der Waals surface area contributed by atoms with Crippen molar-refractivity contribution in [2.24, 2.45) is 10.7 Å². The van der Waals surface area contributed by atoms with Gasteiger partial charge in [-0.25, -0.2) is 23.7 Å². The molecule has 0 saturated heterocycles. The molecule has 0 aliphatic rings. The number of hydrogen-bond acceptors (Lipinski definition) is 3. The third-order valence-corrected chi connectivity index (χ3v) is 2.42. The van der Waals surface area contributed by atoms with E-state index in [1.54, 1.807) is 0 Å². The van der Waals surface area contributed by atoms with Crippen molar-refractivity contribution in [1.29, 1.82) is 0 Å². The molecule has 0 amide bonds. The van der Waals surface area contributed by atoms with E-state index >= 15 is 0 Å². The van der Waals surface area contributed by atoms with E-state index in [4.69, 9.17) is 5.73 Å². The molecule has 1 aromatic rings. The fourth-order valence-electron chi connectivity index (χ4n) is 1.41. The summed E-state index contributed by atoms with van der Waals surface area (Å²) < 4.78 is 24.8. The van der Waals surface area contributed by atoms with E-state index in [1.165, 1.54) is 12.3 Å². The molecule has 5 nitrogen and oxygen atoms in total. The minimum absolute atomic E-state index is 0. The Balaban J connectivity index is 0.00000324. The van der Waals surface area contributed by atoms with Crippen molar-refractivity contribution < 1.29 is 8.78 Å². The van der Waals surface area contributed by atoms with Crippen LogP contribution in [-0.2, 0) is 6.54 Å². The van der Waals surface area contributed by atoms with E-state index in [2.05, 4.69) is 15.0 Å². The summed E-state index contributed by atoms with van der Waals surface area (Å²) in [5.74, 6) is 0.606. The van der Waals surface area contributed by atoms with Gasteiger partial charge in [-0.15, -0.1) is 24.0 Å². The third-order valence-electron chi connectivity index (χ3n) is 2.42. The molecule has 1 heterocycles. The van der Waals surface area contributed by atoms with Crippen molar-refractivity contribution in [3.63, 3.8) is 0 Å². The first-order valence-electron chi connectivity index (χ1n) is 5.73. The van der Waals surface area contributed by atoms with Gasteiger partial charge in [0.25, 0.3) is 6.43 Å². The molecule has 0 unspecified atom stereocenters. The molecule has 0 spiro atoms. The quantitative estimate of drug-likeness (QED) is 0.480. The van der Waals surface area contributed by atoms with Crippen LogP contribution in [-0.4, -0.2) is 33.9 Å². The lowest BCUT2D eigenvalue weighted by molar-refractivity contribution is 0.145. The Morgan fingerprint density at radius 2 is 2.05 bits per heavy atom. The second-order valence-corrected chi connectivity index (χ2v) is 3.55. The van der Waals surface area contributed by atoms with E-state index in [-0.39, 0.29) is 42.0 Å². The maximum atomic E-state index is 12.4. The monoisotopic (exact) mass is 385 g/mol. The molecule has 0 aliphatic heterocycles. The summed E-state index contributed by atoms with van der Waals surface area (Å²) in [5, 5.41) is 0. The van der Waals surface area contributed by atoms with Crippen LogP contribution >= 0.6 is 24.0 Å². The van der Waals surface area contributed by atoms with Crippen LogP contribution in [0.1, 0.15) is 31.8 Å². The van der Waals surface area contributed by atoms with Gasteiger partial charge in [0.05, 0.1) is 0 Å². The van der Waals surface area contributed by atoms with E-state index in [9.17, 15) is 8.78 Å². The Morgan fingerprint density at radius 1 is 1.42 bits per heavy atom.